The average Bonchev–Trinajstić information content (AvgIpc) is 2.40. The van der Waals surface area contributed by atoms with Gasteiger partial charge in [0.25, 0.3) is 0 Å². The monoisotopic (exact) mass is 268 g/mol. The lowest BCUT2D eigenvalue weighted by atomic mass is 9.82. The van der Waals surface area contributed by atoms with E-state index < -0.39 is 0 Å². The molecule has 2 atom stereocenters. The Bertz CT molecular complexity index is 261. The predicted octanol–water partition coefficient (Wildman–Crippen LogP) is 2.51. The average molecular weight is 268 g/mol. The number of ether oxygens (including phenoxy) is 1. The van der Waals surface area contributed by atoms with Gasteiger partial charge in [-0.2, -0.15) is 0 Å². The second kappa shape index (κ2) is 7.05. The minimum atomic E-state index is 0.254. The molecule has 3 heteroatoms. The summed E-state index contributed by atoms with van der Waals surface area (Å²) in [5.74, 6) is 1.84. The topological polar surface area (TPSA) is 24.5 Å². The van der Waals surface area contributed by atoms with Crippen LogP contribution in [-0.4, -0.2) is 49.8 Å². The fraction of sp³-hybridized carbons (Fsp3) is 1.00. The van der Waals surface area contributed by atoms with Crippen molar-refractivity contribution in [3.8, 4) is 0 Å². The zero-order chi connectivity index (χ0) is 13.7. The fourth-order valence-corrected chi connectivity index (χ4v) is 3.61. The molecule has 112 valence electrons. The maximum atomic E-state index is 5.44. The largest absolute Gasteiger partial charge is 0.379 e. The van der Waals surface area contributed by atoms with Crippen LogP contribution in [0.5, 0.6) is 0 Å². The minimum absolute atomic E-state index is 0.254. The lowest BCUT2D eigenvalue weighted by Crippen LogP contribution is -2.55. The Morgan fingerprint density at radius 2 is 1.95 bits per heavy atom. The van der Waals surface area contributed by atoms with Gasteiger partial charge in [0.1, 0.15) is 0 Å². The molecule has 0 spiro atoms. The summed E-state index contributed by atoms with van der Waals surface area (Å²) < 4.78 is 5.44. The SMILES string of the molecule is CC1CCCC(CNCC(C)(C)N2CCOCC2)C1. The lowest BCUT2D eigenvalue weighted by Gasteiger charge is -2.41. The van der Waals surface area contributed by atoms with Crippen molar-refractivity contribution < 1.29 is 4.74 Å². The van der Waals surface area contributed by atoms with Gasteiger partial charge >= 0.3 is 0 Å². The molecule has 1 aliphatic carbocycles. The summed E-state index contributed by atoms with van der Waals surface area (Å²) in [6.07, 6.45) is 5.72. The third kappa shape index (κ3) is 4.73. The first-order valence-electron chi connectivity index (χ1n) is 8.11. The van der Waals surface area contributed by atoms with Gasteiger partial charge in [-0.3, -0.25) is 4.90 Å². The molecule has 1 heterocycles. The number of rotatable bonds is 5. The van der Waals surface area contributed by atoms with E-state index in [0.717, 1.165) is 44.7 Å². The Kier molecular flexibility index (Phi) is 5.67. The summed E-state index contributed by atoms with van der Waals surface area (Å²) in [5.41, 5.74) is 0.254. The molecule has 0 amide bonds. The van der Waals surface area contributed by atoms with Gasteiger partial charge in [-0.05, 0) is 45.1 Å². The van der Waals surface area contributed by atoms with E-state index in [2.05, 4.69) is 31.0 Å². The molecule has 0 aromatic heterocycles. The molecule has 2 aliphatic rings. The van der Waals surface area contributed by atoms with Crippen LogP contribution in [0.4, 0.5) is 0 Å². The predicted molar refractivity (Wildman–Crippen MR) is 80.5 cm³/mol. The van der Waals surface area contributed by atoms with E-state index in [1.165, 1.54) is 32.2 Å². The first kappa shape index (κ1) is 15.3. The number of nitrogens with one attached hydrogen (secondary N) is 1. The van der Waals surface area contributed by atoms with Crippen molar-refractivity contribution in [3.05, 3.63) is 0 Å². The maximum absolute atomic E-state index is 5.44. The van der Waals surface area contributed by atoms with Crippen molar-refractivity contribution in [1.82, 2.24) is 10.2 Å². The molecule has 2 fully saturated rings. The summed E-state index contributed by atoms with van der Waals surface area (Å²) in [6.45, 7) is 13.4. The Balaban J connectivity index is 1.68. The first-order valence-corrected chi connectivity index (χ1v) is 8.11. The van der Waals surface area contributed by atoms with Crippen LogP contribution in [0.15, 0.2) is 0 Å². The first-order chi connectivity index (χ1) is 9.08. The minimum Gasteiger partial charge on any atom is -0.379 e. The highest BCUT2D eigenvalue weighted by atomic mass is 16.5. The molecule has 0 aromatic rings. The van der Waals surface area contributed by atoms with Crippen LogP contribution in [0, 0.1) is 11.8 Å². The summed E-state index contributed by atoms with van der Waals surface area (Å²) in [5, 5.41) is 3.73. The van der Waals surface area contributed by atoms with Crippen LogP contribution >= 0.6 is 0 Å². The number of hydrogen-bond acceptors (Lipinski definition) is 3. The van der Waals surface area contributed by atoms with Crippen LogP contribution in [0.3, 0.4) is 0 Å². The highest BCUT2D eigenvalue weighted by Crippen LogP contribution is 2.28. The van der Waals surface area contributed by atoms with Crippen LogP contribution in [0.1, 0.15) is 46.5 Å². The van der Waals surface area contributed by atoms with E-state index in [1.54, 1.807) is 0 Å². The van der Waals surface area contributed by atoms with Gasteiger partial charge < -0.3 is 10.1 Å². The highest BCUT2D eigenvalue weighted by molar-refractivity contribution is 4.85. The molecule has 3 nitrogen and oxygen atoms in total. The van der Waals surface area contributed by atoms with Crippen molar-refractivity contribution in [1.29, 1.82) is 0 Å². The molecule has 1 N–H and O–H groups in total. The van der Waals surface area contributed by atoms with Crippen molar-refractivity contribution in [2.45, 2.75) is 52.0 Å². The number of nitrogens with zero attached hydrogens (tertiary/aromatic N) is 1. The number of morpholine rings is 1. The van der Waals surface area contributed by atoms with Gasteiger partial charge in [-0.25, -0.2) is 0 Å². The second-order valence-electron chi connectivity index (χ2n) is 7.18. The molecule has 2 unspecified atom stereocenters. The molecule has 1 saturated heterocycles. The normalized spacial score (nSPS) is 30.5. The fourth-order valence-electron chi connectivity index (χ4n) is 3.61. The Labute approximate surface area is 119 Å². The maximum Gasteiger partial charge on any atom is 0.0594 e. The van der Waals surface area contributed by atoms with Crippen LogP contribution < -0.4 is 5.32 Å². The molecule has 0 aromatic carbocycles. The standard InChI is InChI=1S/C16H32N2O/c1-14-5-4-6-15(11-14)12-17-13-16(2,3)18-7-9-19-10-8-18/h14-15,17H,4-13H2,1-3H3. The van der Waals surface area contributed by atoms with Crippen molar-refractivity contribution in [3.63, 3.8) is 0 Å². The molecular formula is C16H32N2O. The smallest absolute Gasteiger partial charge is 0.0594 e. The summed E-state index contributed by atoms with van der Waals surface area (Å²) >= 11 is 0. The summed E-state index contributed by atoms with van der Waals surface area (Å²) in [6, 6.07) is 0. The summed E-state index contributed by atoms with van der Waals surface area (Å²) in [4.78, 5) is 2.56. The van der Waals surface area contributed by atoms with Crippen LogP contribution in [0.25, 0.3) is 0 Å². The molecular weight excluding hydrogens is 236 g/mol. The Morgan fingerprint density at radius 1 is 1.21 bits per heavy atom. The van der Waals surface area contributed by atoms with E-state index in [-0.39, 0.29) is 5.54 Å². The molecule has 1 aliphatic heterocycles. The zero-order valence-electron chi connectivity index (χ0n) is 13.1. The molecule has 0 bridgehead atoms. The van der Waals surface area contributed by atoms with E-state index in [9.17, 15) is 0 Å². The quantitative estimate of drug-likeness (QED) is 0.829. The zero-order valence-corrected chi connectivity index (χ0v) is 13.1. The van der Waals surface area contributed by atoms with E-state index >= 15 is 0 Å². The molecule has 1 saturated carbocycles. The third-order valence-electron chi connectivity index (χ3n) is 4.90. The summed E-state index contributed by atoms with van der Waals surface area (Å²) in [7, 11) is 0. The van der Waals surface area contributed by atoms with Gasteiger partial charge in [-0.15, -0.1) is 0 Å². The van der Waals surface area contributed by atoms with Crippen molar-refractivity contribution in [2.75, 3.05) is 39.4 Å². The highest BCUT2D eigenvalue weighted by Gasteiger charge is 2.28. The van der Waals surface area contributed by atoms with Crippen molar-refractivity contribution in [2.24, 2.45) is 11.8 Å². The van der Waals surface area contributed by atoms with E-state index in [4.69, 9.17) is 4.74 Å². The van der Waals surface area contributed by atoms with Crippen LogP contribution in [-0.2, 0) is 4.74 Å². The van der Waals surface area contributed by atoms with E-state index in [0.29, 0.717) is 0 Å². The molecule has 0 radical (unpaired) electrons. The van der Waals surface area contributed by atoms with Gasteiger partial charge in [0.05, 0.1) is 13.2 Å². The molecule has 2 rings (SSSR count). The Morgan fingerprint density at radius 3 is 2.63 bits per heavy atom. The third-order valence-corrected chi connectivity index (χ3v) is 4.90. The lowest BCUT2D eigenvalue weighted by molar-refractivity contribution is -0.00991. The van der Waals surface area contributed by atoms with Gasteiger partial charge in [0, 0.05) is 25.2 Å². The second-order valence-corrected chi connectivity index (χ2v) is 7.18. The Hall–Kier alpha value is -0.120. The van der Waals surface area contributed by atoms with Crippen LogP contribution in [0.2, 0.25) is 0 Å². The molecule has 19 heavy (non-hydrogen) atoms. The van der Waals surface area contributed by atoms with E-state index in [1.807, 2.05) is 0 Å². The van der Waals surface area contributed by atoms with Gasteiger partial charge in [0.15, 0.2) is 0 Å². The number of hydrogen-bond donors (Lipinski definition) is 1. The van der Waals surface area contributed by atoms with Gasteiger partial charge in [-0.1, -0.05) is 19.8 Å². The van der Waals surface area contributed by atoms with Crippen molar-refractivity contribution >= 4 is 0 Å². The van der Waals surface area contributed by atoms with Gasteiger partial charge in [0.2, 0.25) is 0 Å².